The van der Waals surface area contributed by atoms with Gasteiger partial charge in [-0.2, -0.15) is 0 Å². The third-order valence-corrected chi connectivity index (χ3v) is 3.19. The first-order chi connectivity index (χ1) is 9.12. The minimum atomic E-state index is -0.383. The van der Waals surface area contributed by atoms with Crippen molar-refractivity contribution < 1.29 is 9.66 Å². The molecular weight excluding hydrogens is 244 g/mol. The molecule has 1 N–H and O–H groups in total. The van der Waals surface area contributed by atoms with Crippen molar-refractivity contribution in [1.29, 1.82) is 0 Å². The second kappa shape index (κ2) is 7.74. The maximum absolute atomic E-state index is 10.8. The molecule has 1 aromatic carbocycles. The van der Waals surface area contributed by atoms with E-state index in [4.69, 9.17) is 4.74 Å². The van der Waals surface area contributed by atoms with Crippen molar-refractivity contribution in [2.45, 2.75) is 45.7 Å². The van der Waals surface area contributed by atoms with Gasteiger partial charge >= 0.3 is 0 Å². The first-order valence-corrected chi connectivity index (χ1v) is 6.67. The van der Waals surface area contributed by atoms with Crippen LogP contribution in [0.15, 0.2) is 18.2 Å². The molecule has 19 heavy (non-hydrogen) atoms. The maximum atomic E-state index is 10.8. The molecule has 1 atom stereocenters. The van der Waals surface area contributed by atoms with Crippen molar-refractivity contribution in [3.8, 4) is 5.75 Å². The van der Waals surface area contributed by atoms with Crippen LogP contribution in [0, 0.1) is 10.1 Å². The second-order valence-corrected chi connectivity index (χ2v) is 4.53. The van der Waals surface area contributed by atoms with E-state index in [9.17, 15) is 10.1 Å². The molecule has 0 bridgehead atoms. The van der Waals surface area contributed by atoms with Crippen molar-refractivity contribution >= 4 is 5.69 Å². The number of non-ortho nitro benzene ring substituents is 1. The van der Waals surface area contributed by atoms with Gasteiger partial charge in [0.15, 0.2) is 0 Å². The number of nitrogens with one attached hydrogen (secondary N) is 1. The van der Waals surface area contributed by atoms with Gasteiger partial charge in [0.2, 0.25) is 0 Å². The lowest BCUT2D eigenvalue weighted by Gasteiger charge is -2.17. The molecule has 0 aliphatic heterocycles. The van der Waals surface area contributed by atoms with Crippen LogP contribution in [0.25, 0.3) is 0 Å². The molecule has 5 nitrogen and oxygen atoms in total. The summed E-state index contributed by atoms with van der Waals surface area (Å²) in [4.78, 5) is 10.4. The molecule has 0 spiro atoms. The lowest BCUT2D eigenvalue weighted by molar-refractivity contribution is -0.384. The molecule has 0 saturated carbocycles. The molecule has 0 aromatic heterocycles. The van der Waals surface area contributed by atoms with Gasteiger partial charge in [-0.3, -0.25) is 10.1 Å². The van der Waals surface area contributed by atoms with E-state index in [0.717, 1.165) is 24.8 Å². The van der Waals surface area contributed by atoms with Crippen molar-refractivity contribution in [3.63, 3.8) is 0 Å². The highest BCUT2D eigenvalue weighted by Crippen LogP contribution is 2.24. The smallest absolute Gasteiger partial charge is 0.270 e. The fourth-order valence-electron chi connectivity index (χ4n) is 2.07. The number of rotatable bonds is 8. The van der Waals surface area contributed by atoms with Crippen molar-refractivity contribution in [2.75, 3.05) is 7.11 Å². The van der Waals surface area contributed by atoms with E-state index in [2.05, 4.69) is 19.2 Å². The van der Waals surface area contributed by atoms with E-state index in [0.29, 0.717) is 18.3 Å². The highest BCUT2D eigenvalue weighted by molar-refractivity contribution is 5.43. The summed E-state index contributed by atoms with van der Waals surface area (Å²) in [6, 6.07) is 5.13. The normalized spacial score (nSPS) is 12.2. The first-order valence-electron chi connectivity index (χ1n) is 6.67. The summed E-state index contributed by atoms with van der Waals surface area (Å²) in [5.74, 6) is 0.685. The fourth-order valence-corrected chi connectivity index (χ4v) is 2.07. The van der Waals surface area contributed by atoms with Crippen LogP contribution in [0.5, 0.6) is 5.75 Å². The summed E-state index contributed by atoms with van der Waals surface area (Å²) in [5, 5.41) is 14.2. The van der Waals surface area contributed by atoms with E-state index in [1.165, 1.54) is 6.07 Å². The summed E-state index contributed by atoms with van der Waals surface area (Å²) in [5.41, 5.74) is 0.924. The number of hydrogen-bond donors (Lipinski definition) is 1. The molecule has 0 amide bonds. The topological polar surface area (TPSA) is 64.4 Å². The Labute approximate surface area is 114 Å². The van der Waals surface area contributed by atoms with Gasteiger partial charge < -0.3 is 10.1 Å². The monoisotopic (exact) mass is 266 g/mol. The molecule has 0 heterocycles. The molecule has 0 radical (unpaired) electrons. The van der Waals surface area contributed by atoms with Crippen LogP contribution in [0.4, 0.5) is 5.69 Å². The summed E-state index contributed by atoms with van der Waals surface area (Å²) < 4.78 is 5.24. The molecule has 0 aliphatic carbocycles. The Balaban J connectivity index is 2.79. The van der Waals surface area contributed by atoms with Crippen molar-refractivity contribution in [3.05, 3.63) is 33.9 Å². The molecule has 5 heteroatoms. The van der Waals surface area contributed by atoms with E-state index >= 15 is 0 Å². The number of methoxy groups -OCH3 is 1. The van der Waals surface area contributed by atoms with E-state index in [-0.39, 0.29) is 10.6 Å². The average Bonchev–Trinajstić information content (AvgIpc) is 2.42. The van der Waals surface area contributed by atoms with Gasteiger partial charge in [0.25, 0.3) is 5.69 Å². The zero-order chi connectivity index (χ0) is 14.3. The summed E-state index contributed by atoms with van der Waals surface area (Å²) >= 11 is 0. The SMILES string of the molecule is CCCC(CC)NCc1cc([N+](=O)[O-])ccc1OC. The van der Waals surface area contributed by atoms with Crippen LogP contribution < -0.4 is 10.1 Å². The summed E-state index contributed by atoms with van der Waals surface area (Å²) in [6.45, 7) is 4.87. The highest BCUT2D eigenvalue weighted by Gasteiger charge is 2.12. The van der Waals surface area contributed by atoms with Gasteiger partial charge in [-0.1, -0.05) is 20.3 Å². The quantitative estimate of drug-likeness (QED) is 0.579. The Bertz CT molecular complexity index is 421. The molecule has 0 saturated heterocycles. The average molecular weight is 266 g/mol. The standard InChI is InChI=1S/C14H22N2O3/c1-4-6-12(5-2)15-10-11-9-13(16(17)18)7-8-14(11)19-3/h7-9,12,15H,4-6,10H2,1-3H3. The molecule has 0 fully saturated rings. The zero-order valence-corrected chi connectivity index (χ0v) is 11.8. The van der Waals surface area contributed by atoms with Gasteiger partial charge in [-0.05, 0) is 18.9 Å². The van der Waals surface area contributed by atoms with Gasteiger partial charge in [-0.15, -0.1) is 0 Å². The van der Waals surface area contributed by atoms with E-state index in [1.807, 2.05) is 0 Å². The number of ether oxygens (including phenoxy) is 1. The van der Waals surface area contributed by atoms with Gasteiger partial charge in [0.05, 0.1) is 12.0 Å². The van der Waals surface area contributed by atoms with Crippen molar-refractivity contribution in [2.24, 2.45) is 0 Å². The Morgan fingerprint density at radius 3 is 2.68 bits per heavy atom. The predicted octanol–water partition coefficient (Wildman–Crippen LogP) is 3.27. The molecule has 1 rings (SSSR count). The van der Waals surface area contributed by atoms with Crippen LogP contribution in [-0.2, 0) is 6.54 Å². The Hall–Kier alpha value is -1.62. The largest absolute Gasteiger partial charge is 0.496 e. The fraction of sp³-hybridized carbons (Fsp3) is 0.571. The zero-order valence-electron chi connectivity index (χ0n) is 11.8. The molecular formula is C14H22N2O3. The second-order valence-electron chi connectivity index (χ2n) is 4.53. The number of hydrogen-bond acceptors (Lipinski definition) is 4. The third-order valence-electron chi connectivity index (χ3n) is 3.19. The minimum absolute atomic E-state index is 0.0983. The molecule has 1 unspecified atom stereocenters. The number of nitro benzene ring substituents is 1. The Morgan fingerprint density at radius 1 is 1.42 bits per heavy atom. The lowest BCUT2D eigenvalue weighted by atomic mass is 10.1. The lowest BCUT2D eigenvalue weighted by Crippen LogP contribution is -2.27. The van der Waals surface area contributed by atoms with Crippen LogP contribution >= 0.6 is 0 Å². The molecule has 0 aliphatic rings. The van der Waals surface area contributed by atoms with Crippen LogP contribution in [0.2, 0.25) is 0 Å². The Morgan fingerprint density at radius 2 is 2.16 bits per heavy atom. The molecule has 106 valence electrons. The van der Waals surface area contributed by atoms with Gasteiger partial charge in [-0.25, -0.2) is 0 Å². The molecule has 1 aromatic rings. The number of benzene rings is 1. The third kappa shape index (κ3) is 4.52. The maximum Gasteiger partial charge on any atom is 0.270 e. The number of nitro groups is 1. The highest BCUT2D eigenvalue weighted by atomic mass is 16.6. The van der Waals surface area contributed by atoms with Gasteiger partial charge in [0, 0.05) is 30.3 Å². The summed E-state index contributed by atoms with van der Waals surface area (Å²) in [7, 11) is 1.58. The van der Waals surface area contributed by atoms with Crippen LogP contribution in [0.1, 0.15) is 38.7 Å². The summed E-state index contributed by atoms with van der Waals surface area (Å²) in [6.07, 6.45) is 3.27. The van der Waals surface area contributed by atoms with E-state index < -0.39 is 0 Å². The predicted molar refractivity (Wildman–Crippen MR) is 75.5 cm³/mol. The van der Waals surface area contributed by atoms with Crippen LogP contribution in [0.3, 0.4) is 0 Å². The first kappa shape index (κ1) is 15.4. The van der Waals surface area contributed by atoms with Crippen molar-refractivity contribution in [1.82, 2.24) is 5.32 Å². The minimum Gasteiger partial charge on any atom is -0.496 e. The van der Waals surface area contributed by atoms with Crippen LogP contribution in [-0.4, -0.2) is 18.1 Å². The van der Waals surface area contributed by atoms with Gasteiger partial charge in [0.1, 0.15) is 5.75 Å². The van der Waals surface area contributed by atoms with E-state index in [1.54, 1.807) is 19.2 Å². The number of nitrogens with zero attached hydrogens (tertiary/aromatic N) is 1. The Kier molecular flexibility index (Phi) is 6.29.